The number of ether oxygens (including phenoxy) is 1. The number of nitrogens with one attached hydrogen (secondary N) is 3. The van der Waals surface area contributed by atoms with E-state index >= 15 is 0 Å². The van der Waals surface area contributed by atoms with Crippen molar-refractivity contribution in [2.24, 2.45) is 5.92 Å². The molecule has 114 valence electrons. The second kappa shape index (κ2) is 7.08. The number of amides is 2. The molecule has 0 aliphatic heterocycles. The Kier molecular flexibility index (Phi) is 5.16. The van der Waals surface area contributed by atoms with E-state index in [2.05, 4.69) is 16.0 Å². The minimum atomic E-state index is -0.208. The standard InChI is InChI=1S/C15H21N3O3/c1-16-15(20)11-5-6-13(21-2)12(7-11)18-14(19)9-17-8-10-3-4-10/h5-7,10,17H,3-4,8-9H2,1-2H3,(H,16,20)(H,18,19). The van der Waals surface area contributed by atoms with Crippen molar-refractivity contribution in [3.63, 3.8) is 0 Å². The van der Waals surface area contributed by atoms with Crippen LogP contribution in [-0.2, 0) is 4.79 Å². The van der Waals surface area contributed by atoms with Crippen LogP contribution in [0.2, 0.25) is 0 Å². The molecular weight excluding hydrogens is 270 g/mol. The molecule has 0 radical (unpaired) electrons. The van der Waals surface area contributed by atoms with Gasteiger partial charge in [0.1, 0.15) is 5.75 Å². The zero-order valence-corrected chi connectivity index (χ0v) is 12.4. The monoisotopic (exact) mass is 291 g/mol. The first-order chi connectivity index (χ1) is 10.1. The maximum absolute atomic E-state index is 11.9. The normalized spacial score (nSPS) is 13.6. The van der Waals surface area contributed by atoms with Gasteiger partial charge >= 0.3 is 0 Å². The van der Waals surface area contributed by atoms with E-state index in [-0.39, 0.29) is 18.4 Å². The van der Waals surface area contributed by atoms with Crippen molar-refractivity contribution < 1.29 is 14.3 Å². The molecule has 0 atom stereocenters. The SMILES string of the molecule is CNC(=O)c1ccc(OC)c(NC(=O)CNCC2CC2)c1. The lowest BCUT2D eigenvalue weighted by molar-refractivity contribution is -0.115. The second-order valence-electron chi connectivity index (χ2n) is 5.12. The third-order valence-electron chi connectivity index (χ3n) is 3.38. The number of hydrogen-bond donors (Lipinski definition) is 3. The molecule has 21 heavy (non-hydrogen) atoms. The maximum atomic E-state index is 11.9. The first kappa shape index (κ1) is 15.3. The summed E-state index contributed by atoms with van der Waals surface area (Å²) in [4.78, 5) is 23.5. The third-order valence-corrected chi connectivity index (χ3v) is 3.38. The van der Waals surface area contributed by atoms with Gasteiger partial charge in [0.15, 0.2) is 0 Å². The van der Waals surface area contributed by atoms with Crippen molar-refractivity contribution in [3.05, 3.63) is 23.8 Å². The fourth-order valence-electron chi connectivity index (χ4n) is 2.00. The minimum absolute atomic E-state index is 0.150. The van der Waals surface area contributed by atoms with Gasteiger partial charge in [0.2, 0.25) is 5.91 Å². The molecule has 0 bridgehead atoms. The molecule has 6 nitrogen and oxygen atoms in total. The highest BCUT2D eigenvalue weighted by Gasteiger charge is 2.20. The zero-order chi connectivity index (χ0) is 15.2. The topological polar surface area (TPSA) is 79.5 Å². The van der Waals surface area contributed by atoms with Crippen molar-refractivity contribution >= 4 is 17.5 Å². The number of carbonyl (C=O) groups excluding carboxylic acids is 2. The predicted octanol–water partition coefficient (Wildman–Crippen LogP) is 0.993. The highest BCUT2D eigenvalue weighted by molar-refractivity contribution is 5.98. The van der Waals surface area contributed by atoms with Gasteiger partial charge in [-0.25, -0.2) is 0 Å². The van der Waals surface area contributed by atoms with Crippen molar-refractivity contribution in [2.75, 3.05) is 32.6 Å². The van der Waals surface area contributed by atoms with Gasteiger partial charge in [-0.05, 0) is 43.5 Å². The molecule has 2 rings (SSSR count). The molecule has 0 spiro atoms. The van der Waals surface area contributed by atoms with Crippen LogP contribution in [0.15, 0.2) is 18.2 Å². The fourth-order valence-corrected chi connectivity index (χ4v) is 2.00. The van der Waals surface area contributed by atoms with Gasteiger partial charge in [0.05, 0.1) is 19.3 Å². The molecular formula is C15H21N3O3. The van der Waals surface area contributed by atoms with Crippen molar-refractivity contribution in [3.8, 4) is 5.75 Å². The third kappa shape index (κ3) is 4.46. The van der Waals surface area contributed by atoms with Gasteiger partial charge in [0, 0.05) is 12.6 Å². The molecule has 1 fully saturated rings. The number of benzene rings is 1. The van der Waals surface area contributed by atoms with Crippen LogP contribution >= 0.6 is 0 Å². The van der Waals surface area contributed by atoms with Crippen LogP contribution in [0.4, 0.5) is 5.69 Å². The Hall–Kier alpha value is -2.08. The van der Waals surface area contributed by atoms with Crippen LogP contribution in [0.1, 0.15) is 23.2 Å². The van der Waals surface area contributed by atoms with E-state index in [1.54, 1.807) is 25.2 Å². The fraction of sp³-hybridized carbons (Fsp3) is 0.467. The molecule has 0 unspecified atom stereocenters. The van der Waals surface area contributed by atoms with Crippen molar-refractivity contribution in [1.82, 2.24) is 10.6 Å². The Morgan fingerprint density at radius 2 is 2.10 bits per heavy atom. The summed E-state index contributed by atoms with van der Waals surface area (Å²) in [6.45, 7) is 1.13. The van der Waals surface area contributed by atoms with E-state index in [9.17, 15) is 9.59 Å². The molecule has 0 heterocycles. The largest absolute Gasteiger partial charge is 0.495 e. The van der Waals surface area contributed by atoms with Crippen LogP contribution < -0.4 is 20.7 Å². The number of methoxy groups -OCH3 is 1. The minimum Gasteiger partial charge on any atom is -0.495 e. The molecule has 2 amide bonds. The summed E-state index contributed by atoms with van der Waals surface area (Å²) >= 11 is 0. The molecule has 1 aromatic rings. The van der Waals surface area contributed by atoms with Gasteiger partial charge in [-0.3, -0.25) is 9.59 Å². The van der Waals surface area contributed by atoms with Crippen LogP contribution in [0, 0.1) is 5.92 Å². The van der Waals surface area contributed by atoms with Crippen molar-refractivity contribution in [1.29, 1.82) is 0 Å². The summed E-state index contributed by atoms with van der Waals surface area (Å²) < 4.78 is 5.20. The van der Waals surface area contributed by atoms with Crippen LogP contribution in [0.25, 0.3) is 0 Å². The van der Waals surface area contributed by atoms with Gasteiger partial charge < -0.3 is 20.7 Å². The molecule has 0 aromatic heterocycles. The van der Waals surface area contributed by atoms with Gasteiger partial charge in [-0.15, -0.1) is 0 Å². The Bertz CT molecular complexity index is 527. The van der Waals surface area contributed by atoms with E-state index in [0.29, 0.717) is 17.0 Å². The lowest BCUT2D eigenvalue weighted by atomic mass is 10.1. The maximum Gasteiger partial charge on any atom is 0.251 e. The van der Waals surface area contributed by atoms with Crippen LogP contribution in [0.3, 0.4) is 0 Å². The lowest BCUT2D eigenvalue weighted by Crippen LogP contribution is -2.29. The Morgan fingerprint density at radius 3 is 2.71 bits per heavy atom. The van der Waals surface area contributed by atoms with Crippen molar-refractivity contribution in [2.45, 2.75) is 12.8 Å². The lowest BCUT2D eigenvalue weighted by Gasteiger charge is -2.12. The number of rotatable bonds is 7. The zero-order valence-electron chi connectivity index (χ0n) is 12.4. The molecule has 6 heteroatoms. The molecule has 1 aliphatic carbocycles. The first-order valence-corrected chi connectivity index (χ1v) is 7.04. The first-order valence-electron chi connectivity index (χ1n) is 7.04. The summed E-state index contributed by atoms with van der Waals surface area (Å²) in [5.74, 6) is 0.894. The molecule has 3 N–H and O–H groups in total. The number of anilines is 1. The van der Waals surface area contributed by atoms with E-state index in [1.807, 2.05) is 0 Å². The van der Waals surface area contributed by atoms with Crippen LogP contribution in [0.5, 0.6) is 5.75 Å². The number of hydrogen-bond acceptors (Lipinski definition) is 4. The van der Waals surface area contributed by atoms with Gasteiger partial charge in [0.25, 0.3) is 5.91 Å². The summed E-state index contributed by atoms with van der Waals surface area (Å²) in [5.41, 5.74) is 0.969. The highest BCUT2D eigenvalue weighted by Crippen LogP contribution is 2.27. The summed E-state index contributed by atoms with van der Waals surface area (Å²) in [6, 6.07) is 4.92. The van der Waals surface area contributed by atoms with E-state index in [4.69, 9.17) is 4.74 Å². The van der Waals surface area contributed by atoms with E-state index < -0.39 is 0 Å². The molecule has 0 saturated heterocycles. The molecule has 1 saturated carbocycles. The average Bonchev–Trinajstić information content (AvgIpc) is 3.30. The summed E-state index contributed by atoms with van der Waals surface area (Å²) in [7, 11) is 3.09. The predicted molar refractivity (Wildman–Crippen MR) is 80.6 cm³/mol. The van der Waals surface area contributed by atoms with E-state index in [1.165, 1.54) is 20.0 Å². The Labute approximate surface area is 124 Å². The summed E-state index contributed by atoms with van der Waals surface area (Å²) in [6.07, 6.45) is 2.49. The quantitative estimate of drug-likeness (QED) is 0.700. The summed E-state index contributed by atoms with van der Waals surface area (Å²) in [5, 5.41) is 8.44. The van der Waals surface area contributed by atoms with Crippen LogP contribution in [-0.4, -0.2) is 39.1 Å². The number of carbonyl (C=O) groups is 2. The Balaban J connectivity index is 1.98. The Morgan fingerprint density at radius 1 is 1.33 bits per heavy atom. The highest BCUT2D eigenvalue weighted by atomic mass is 16.5. The van der Waals surface area contributed by atoms with Gasteiger partial charge in [-0.1, -0.05) is 0 Å². The second-order valence-corrected chi connectivity index (χ2v) is 5.12. The smallest absolute Gasteiger partial charge is 0.251 e. The molecule has 1 aliphatic rings. The van der Waals surface area contributed by atoms with Gasteiger partial charge in [-0.2, -0.15) is 0 Å². The average molecular weight is 291 g/mol. The molecule has 1 aromatic carbocycles. The van der Waals surface area contributed by atoms with E-state index in [0.717, 1.165) is 12.5 Å².